The van der Waals surface area contributed by atoms with Gasteiger partial charge in [0.05, 0.1) is 6.61 Å². The lowest BCUT2D eigenvalue weighted by Crippen LogP contribution is -2.47. The number of carbonyl (C=O) groups is 1. The number of rotatable bonds is 6. The smallest absolute Gasteiger partial charge is 0.256 e. The van der Waals surface area contributed by atoms with Crippen LogP contribution in [-0.2, 0) is 9.53 Å². The number of amides is 1. The van der Waals surface area contributed by atoms with Crippen LogP contribution in [0.3, 0.4) is 0 Å². The molecule has 0 unspecified atom stereocenters. The highest BCUT2D eigenvalue weighted by Gasteiger charge is 2.41. The fraction of sp³-hybridized carbons (Fsp3) is 0.632. The van der Waals surface area contributed by atoms with E-state index in [1.165, 1.54) is 6.42 Å². The van der Waals surface area contributed by atoms with Gasteiger partial charge in [0.1, 0.15) is 11.4 Å². The zero-order chi connectivity index (χ0) is 16.9. The minimum atomic E-state index is -0.692. The molecule has 0 spiro atoms. The third-order valence-electron chi connectivity index (χ3n) is 4.65. The van der Waals surface area contributed by atoms with Crippen molar-refractivity contribution >= 4 is 11.6 Å². The highest BCUT2D eigenvalue weighted by Crippen LogP contribution is 2.36. The maximum absolute atomic E-state index is 12.8. The van der Waals surface area contributed by atoms with Crippen LogP contribution in [-0.4, -0.2) is 25.2 Å². The first kappa shape index (κ1) is 17.8. The SMILES string of the molecule is CCCOc1ccc(NC(=O)[C@]2(OC)CCC[C@@H](C)C2)cc1C. The van der Waals surface area contributed by atoms with Crippen LogP contribution in [0.1, 0.15) is 51.5 Å². The van der Waals surface area contributed by atoms with E-state index in [9.17, 15) is 4.79 Å². The van der Waals surface area contributed by atoms with Crippen LogP contribution >= 0.6 is 0 Å². The summed E-state index contributed by atoms with van der Waals surface area (Å²) in [6.07, 6.45) is 4.75. The van der Waals surface area contributed by atoms with Gasteiger partial charge < -0.3 is 14.8 Å². The van der Waals surface area contributed by atoms with Crippen molar-refractivity contribution < 1.29 is 14.3 Å². The molecule has 1 saturated carbocycles. The number of aryl methyl sites for hydroxylation is 1. The summed E-state index contributed by atoms with van der Waals surface area (Å²) >= 11 is 0. The van der Waals surface area contributed by atoms with Crippen LogP contribution in [0.25, 0.3) is 0 Å². The second-order valence-electron chi connectivity index (χ2n) is 6.68. The summed E-state index contributed by atoms with van der Waals surface area (Å²) in [6, 6.07) is 5.77. The second kappa shape index (κ2) is 7.82. The normalized spacial score (nSPS) is 24.3. The number of carbonyl (C=O) groups excluding carboxylic acids is 1. The molecule has 1 amide bonds. The molecule has 1 aliphatic rings. The molecule has 4 heteroatoms. The fourth-order valence-corrected chi connectivity index (χ4v) is 3.33. The zero-order valence-electron chi connectivity index (χ0n) is 14.8. The Morgan fingerprint density at radius 1 is 1.43 bits per heavy atom. The maximum Gasteiger partial charge on any atom is 0.256 e. The van der Waals surface area contributed by atoms with Crippen LogP contribution in [0.2, 0.25) is 0 Å². The summed E-state index contributed by atoms with van der Waals surface area (Å²) in [6.45, 7) is 6.97. The van der Waals surface area contributed by atoms with Crippen LogP contribution in [0.5, 0.6) is 5.75 Å². The Hall–Kier alpha value is -1.55. The van der Waals surface area contributed by atoms with Crippen molar-refractivity contribution in [2.45, 2.75) is 58.5 Å². The summed E-state index contributed by atoms with van der Waals surface area (Å²) in [5.41, 5.74) is 1.13. The number of nitrogens with one attached hydrogen (secondary N) is 1. The molecule has 4 nitrogen and oxygen atoms in total. The molecule has 23 heavy (non-hydrogen) atoms. The van der Waals surface area contributed by atoms with Gasteiger partial charge in [-0.3, -0.25) is 4.79 Å². The summed E-state index contributed by atoms with van der Waals surface area (Å²) < 4.78 is 11.3. The minimum absolute atomic E-state index is 0.0341. The second-order valence-corrected chi connectivity index (χ2v) is 6.68. The van der Waals surface area contributed by atoms with Crippen molar-refractivity contribution in [3.63, 3.8) is 0 Å². The number of hydrogen-bond donors (Lipinski definition) is 1. The first-order valence-corrected chi connectivity index (χ1v) is 8.61. The number of anilines is 1. The van der Waals surface area contributed by atoms with Gasteiger partial charge in [-0.15, -0.1) is 0 Å². The van der Waals surface area contributed by atoms with Crippen LogP contribution in [0.4, 0.5) is 5.69 Å². The highest BCUT2D eigenvalue weighted by atomic mass is 16.5. The van der Waals surface area contributed by atoms with Crippen LogP contribution in [0.15, 0.2) is 18.2 Å². The molecule has 1 N–H and O–H groups in total. The first-order chi connectivity index (χ1) is 11.0. The standard InChI is InChI=1S/C19H29NO3/c1-5-11-23-17-9-8-16(12-15(17)3)20-18(21)19(22-4)10-6-7-14(2)13-19/h8-9,12,14H,5-7,10-11,13H2,1-4H3,(H,20,21)/t14-,19+/m1/s1. The van der Waals surface area contributed by atoms with Crippen molar-refractivity contribution in [3.05, 3.63) is 23.8 Å². The van der Waals surface area contributed by atoms with E-state index in [0.717, 1.165) is 42.7 Å². The Morgan fingerprint density at radius 3 is 2.83 bits per heavy atom. The van der Waals surface area contributed by atoms with E-state index in [1.807, 2.05) is 25.1 Å². The van der Waals surface area contributed by atoms with Crippen molar-refractivity contribution in [2.24, 2.45) is 5.92 Å². The molecule has 0 radical (unpaired) electrons. The molecule has 1 aliphatic carbocycles. The molecule has 0 aromatic heterocycles. The lowest BCUT2D eigenvalue weighted by molar-refractivity contribution is -0.143. The topological polar surface area (TPSA) is 47.6 Å². The Balaban J connectivity index is 2.08. The lowest BCUT2D eigenvalue weighted by atomic mass is 9.78. The third kappa shape index (κ3) is 4.25. The molecule has 0 bridgehead atoms. The summed E-state index contributed by atoms with van der Waals surface area (Å²) in [5.74, 6) is 1.35. The van der Waals surface area contributed by atoms with E-state index >= 15 is 0 Å². The molecule has 0 heterocycles. The molecule has 2 rings (SSSR count). The minimum Gasteiger partial charge on any atom is -0.493 e. The maximum atomic E-state index is 12.8. The van der Waals surface area contributed by atoms with E-state index < -0.39 is 5.60 Å². The molecule has 1 fully saturated rings. The van der Waals surface area contributed by atoms with Gasteiger partial charge in [0.2, 0.25) is 0 Å². The van der Waals surface area contributed by atoms with E-state index in [4.69, 9.17) is 9.47 Å². The number of methoxy groups -OCH3 is 1. The van der Waals surface area contributed by atoms with Crippen molar-refractivity contribution in [2.75, 3.05) is 19.0 Å². The van der Waals surface area contributed by atoms with E-state index in [0.29, 0.717) is 12.5 Å². The highest BCUT2D eigenvalue weighted by molar-refractivity contribution is 5.97. The van der Waals surface area contributed by atoms with Crippen LogP contribution < -0.4 is 10.1 Å². The Labute approximate surface area is 139 Å². The van der Waals surface area contributed by atoms with Crippen LogP contribution in [0, 0.1) is 12.8 Å². The average Bonchev–Trinajstić information content (AvgIpc) is 2.54. The Kier molecular flexibility index (Phi) is 6.05. The molecular weight excluding hydrogens is 290 g/mol. The molecule has 1 aromatic carbocycles. The Morgan fingerprint density at radius 2 is 2.22 bits per heavy atom. The summed E-state index contributed by atoms with van der Waals surface area (Å²) in [7, 11) is 1.64. The molecule has 2 atom stereocenters. The first-order valence-electron chi connectivity index (χ1n) is 8.61. The van der Waals surface area contributed by atoms with E-state index in [1.54, 1.807) is 7.11 Å². The van der Waals surface area contributed by atoms with E-state index in [-0.39, 0.29) is 5.91 Å². The predicted octanol–water partition coefficient (Wildman–Crippen LogP) is 4.32. The monoisotopic (exact) mass is 319 g/mol. The average molecular weight is 319 g/mol. The molecule has 128 valence electrons. The third-order valence-corrected chi connectivity index (χ3v) is 4.65. The predicted molar refractivity (Wildman–Crippen MR) is 93.0 cm³/mol. The lowest BCUT2D eigenvalue weighted by Gasteiger charge is -2.37. The molecule has 1 aromatic rings. The summed E-state index contributed by atoms with van der Waals surface area (Å²) in [4.78, 5) is 12.8. The van der Waals surface area contributed by atoms with E-state index in [2.05, 4.69) is 19.2 Å². The number of ether oxygens (including phenoxy) is 2. The van der Waals surface area contributed by atoms with Gasteiger partial charge in [-0.05, 0) is 62.3 Å². The van der Waals surface area contributed by atoms with Crippen molar-refractivity contribution in [1.82, 2.24) is 0 Å². The van der Waals surface area contributed by atoms with Gasteiger partial charge in [-0.2, -0.15) is 0 Å². The molecule has 0 aliphatic heterocycles. The quantitative estimate of drug-likeness (QED) is 0.849. The largest absolute Gasteiger partial charge is 0.493 e. The van der Waals surface area contributed by atoms with Crippen molar-refractivity contribution in [1.29, 1.82) is 0 Å². The van der Waals surface area contributed by atoms with Gasteiger partial charge in [-0.1, -0.05) is 20.3 Å². The fourth-order valence-electron chi connectivity index (χ4n) is 3.33. The van der Waals surface area contributed by atoms with Gasteiger partial charge in [0, 0.05) is 12.8 Å². The van der Waals surface area contributed by atoms with Gasteiger partial charge in [-0.25, -0.2) is 0 Å². The Bertz CT molecular complexity index is 543. The zero-order valence-corrected chi connectivity index (χ0v) is 14.8. The van der Waals surface area contributed by atoms with Gasteiger partial charge >= 0.3 is 0 Å². The van der Waals surface area contributed by atoms with Crippen molar-refractivity contribution in [3.8, 4) is 5.75 Å². The van der Waals surface area contributed by atoms with Gasteiger partial charge in [0.15, 0.2) is 0 Å². The number of hydrogen-bond acceptors (Lipinski definition) is 3. The molecule has 0 saturated heterocycles. The summed E-state index contributed by atoms with van der Waals surface area (Å²) in [5, 5.41) is 3.03. The number of benzene rings is 1. The molecular formula is C19H29NO3. The van der Waals surface area contributed by atoms with Gasteiger partial charge in [0.25, 0.3) is 5.91 Å².